The van der Waals surface area contributed by atoms with Gasteiger partial charge in [-0.3, -0.25) is 4.79 Å². The van der Waals surface area contributed by atoms with Gasteiger partial charge in [0.1, 0.15) is 0 Å². The number of anilines is 1. The third-order valence-electron chi connectivity index (χ3n) is 2.79. The number of halogens is 1. The molecule has 0 fully saturated rings. The van der Waals surface area contributed by atoms with E-state index in [1.165, 1.54) is 5.56 Å². The van der Waals surface area contributed by atoms with Crippen LogP contribution in [0.3, 0.4) is 0 Å². The molecule has 0 atom stereocenters. The number of hydrogen-bond donors (Lipinski definition) is 1. The SMILES string of the molecule is Cc1ccccc1NCCn1cccc(Br)c1=O. The average molecular weight is 307 g/mol. The van der Waals surface area contributed by atoms with E-state index in [0.717, 1.165) is 12.2 Å². The molecule has 0 spiro atoms. The number of aryl methyl sites for hydroxylation is 1. The summed E-state index contributed by atoms with van der Waals surface area (Å²) in [7, 11) is 0. The maximum Gasteiger partial charge on any atom is 0.264 e. The maximum atomic E-state index is 11.8. The van der Waals surface area contributed by atoms with Crippen molar-refractivity contribution in [2.75, 3.05) is 11.9 Å². The van der Waals surface area contributed by atoms with Crippen LogP contribution in [-0.4, -0.2) is 11.1 Å². The van der Waals surface area contributed by atoms with Crippen molar-refractivity contribution in [2.45, 2.75) is 13.5 Å². The molecule has 0 unspecified atom stereocenters. The van der Waals surface area contributed by atoms with E-state index >= 15 is 0 Å². The lowest BCUT2D eigenvalue weighted by molar-refractivity contribution is 0.694. The Morgan fingerprint density at radius 2 is 2.00 bits per heavy atom. The van der Waals surface area contributed by atoms with Crippen LogP contribution in [0.4, 0.5) is 5.69 Å². The number of nitrogens with one attached hydrogen (secondary N) is 1. The van der Waals surface area contributed by atoms with Crippen molar-refractivity contribution >= 4 is 21.6 Å². The Morgan fingerprint density at radius 1 is 1.22 bits per heavy atom. The molecule has 2 aromatic rings. The van der Waals surface area contributed by atoms with Gasteiger partial charge in [0.15, 0.2) is 0 Å². The van der Waals surface area contributed by atoms with Crippen LogP contribution in [0.15, 0.2) is 51.9 Å². The molecule has 1 aromatic heterocycles. The monoisotopic (exact) mass is 306 g/mol. The molecule has 18 heavy (non-hydrogen) atoms. The van der Waals surface area contributed by atoms with E-state index in [0.29, 0.717) is 11.0 Å². The van der Waals surface area contributed by atoms with Gasteiger partial charge in [0.2, 0.25) is 0 Å². The number of para-hydroxylation sites is 1. The molecule has 2 rings (SSSR count). The second kappa shape index (κ2) is 5.87. The predicted octanol–water partition coefficient (Wildman–Crippen LogP) is 3.03. The lowest BCUT2D eigenvalue weighted by Gasteiger charge is -2.10. The Morgan fingerprint density at radius 3 is 2.78 bits per heavy atom. The highest BCUT2D eigenvalue weighted by atomic mass is 79.9. The molecule has 0 aliphatic carbocycles. The van der Waals surface area contributed by atoms with Crippen LogP contribution in [-0.2, 0) is 6.54 Å². The van der Waals surface area contributed by atoms with Gasteiger partial charge in [0.05, 0.1) is 4.47 Å². The summed E-state index contributed by atoms with van der Waals surface area (Å²) >= 11 is 3.24. The standard InChI is InChI=1S/C14H15BrN2O/c1-11-5-2-3-7-13(11)16-8-10-17-9-4-6-12(15)14(17)18/h2-7,9,16H,8,10H2,1H3. The van der Waals surface area contributed by atoms with E-state index < -0.39 is 0 Å². The van der Waals surface area contributed by atoms with E-state index in [9.17, 15) is 4.79 Å². The Hall–Kier alpha value is -1.55. The fourth-order valence-electron chi connectivity index (χ4n) is 1.77. The Kier molecular flexibility index (Phi) is 4.20. The van der Waals surface area contributed by atoms with Gasteiger partial charge in [-0.2, -0.15) is 0 Å². The molecule has 1 N–H and O–H groups in total. The quantitative estimate of drug-likeness (QED) is 0.942. The average Bonchev–Trinajstić information content (AvgIpc) is 2.37. The molecule has 4 heteroatoms. The van der Waals surface area contributed by atoms with Crippen molar-refractivity contribution in [2.24, 2.45) is 0 Å². The first-order chi connectivity index (χ1) is 8.68. The molecule has 0 saturated carbocycles. The van der Waals surface area contributed by atoms with Crippen LogP contribution in [0, 0.1) is 6.92 Å². The third-order valence-corrected chi connectivity index (χ3v) is 3.39. The highest BCUT2D eigenvalue weighted by Gasteiger charge is 2.00. The number of aromatic nitrogens is 1. The predicted molar refractivity (Wildman–Crippen MR) is 78.1 cm³/mol. The zero-order valence-electron chi connectivity index (χ0n) is 10.2. The van der Waals surface area contributed by atoms with Gasteiger partial charge in [-0.05, 0) is 46.6 Å². The Labute approximate surface area is 115 Å². The van der Waals surface area contributed by atoms with Crippen molar-refractivity contribution in [3.63, 3.8) is 0 Å². The number of rotatable bonds is 4. The fraction of sp³-hybridized carbons (Fsp3) is 0.214. The van der Waals surface area contributed by atoms with Gasteiger partial charge in [-0.1, -0.05) is 18.2 Å². The smallest absolute Gasteiger partial charge is 0.264 e. The van der Waals surface area contributed by atoms with Crippen LogP contribution < -0.4 is 10.9 Å². The molecule has 1 heterocycles. The van der Waals surface area contributed by atoms with Crippen molar-refractivity contribution in [3.05, 3.63) is 63.0 Å². The fourth-order valence-corrected chi connectivity index (χ4v) is 2.15. The van der Waals surface area contributed by atoms with Gasteiger partial charge >= 0.3 is 0 Å². The minimum atomic E-state index is 0.00378. The Bertz CT molecular complexity index is 592. The lowest BCUT2D eigenvalue weighted by atomic mass is 10.2. The largest absolute Gasteiger partial charge is 0.383 e. The molecule has 0 aliphatic heterocycles. The summed E-state index contributed by atoms with van der Waals surface area (Å²) in [4.78, 5) is 11.8. The summed E-state index contributed by atoms with van der Waals surface area (Å²) in [6.45, 7) is 3.43. The first kappa shape index (κ1) is 12.9. The van der Waals surface area contributed by atoms with Crippen LogP contribution in [0.1, 0.15) is 5.56 Å². The summed E-state index contributed by atoms with van der Waals surface area (Å²) in [6, 6.07) is 11.7. The zero-order valence-corrected chi connectivity index (χ0v) is 11.8. The van der Waals surface area contributed by atoms with Crippen molar-refractivity contribution in [3.8, 4) is 0 Å². The van der Waals surface area contributed by atoms with Crippen molar-refractivity contribution in [1.82, 2.24) is 4.57 Å². The van der Waals surface area contributed by atoms with Gasteiger partial charge < -0.3 is 9.88 Å². The van der Waals surface area contributed by atoms with Gasteiger partial charge in [0.25, 0.3) is 5.56 Å². The molecule has 0 bridgehead atoms. The number of nitrogens with zero attached hydrogens (tertiary/aromatic N) is 1. The minimum absolute atomic E-state index is 0.00378. The maximum absolute atomic E-state index is 11.8. The molecule has 0 amide bonds. The van der Waals surface area contributed by atoms with Crippen molar-refractivity contribution in [1.29, 1.82) is 0 Å². The normalized spacial score (nSPS) is 10.3. The first-order valence-corrected chi connectivity index (χ1v) is 6.62. The third kappa shape index (κ3) is 3.01. The Balaban J connectivity index is 1.99. The van der Waals surface area contributed by atoms with Crippen LogP contribution >= 0.6 is 15.9 Å². The lowest BCUT2D eigenvalue weighted by Crippen LogP contribution is -2.23. The number of pyridine rings is 1. The first-order valence-electron chi connectivity index (χ1n) is 5.83. The molecular formula is C14H15BrN2O. The zero-order chi connectivity index (χ0) is 13.0. The van der Waals surface area contributed by atoms with Crippen LogP contribution in [0.2, 0.25) is 0 Å². The summed E-state index contributed by atoms with van der Waals surface area (Å²) in [5.41, 5.74) is 2.32. The van der Waals surface area contributed by atoms with E-state index in [2.05, 4.69) is 34.2 Å². The second-order valence-corrected chi connectivity index (χ2v) is 4.95. The summed E-state index contributed by atoms with van der Waals surface area (Å²) in [5.74, 6) is 0. The second-order valence-electron chi connectivity index (χ2n) is 4.10. The van der Waals surface area contributed by atoms with Crippen molar-refractivity contribution < 1.29 is 0 Å². The molecule has 0 aliphatic rings. The summed E-state index contributed by atoms with van der Waals surface area (Å²) in [5, 5.41) is 3.33. The highest BCUT2D eigenvalue weighted by molar-refractivity contribution is 9.10. The van der Waals surface area contributed by atoms with Gasteiger partial charge in [-0.25, -0.2) is 0 Å². The molecule has 94 valence electrons. The van der Waals surface area contributed by atoms with E-state index in [4.69, 9.17) is 0 Å². The topological polar surface area (TPSA) is 34.0 Å². The minimum Gasteiger partial charge on any atom is -0.383 e. The number of benzene rings is 1. The summed E-state index contributed by atoms with van der Waals surface area (Å²) in [6.07, 6.45) is 1.80. The molecule has 0 radical (unpaired) electrons. The van der Waals surface area contributed by atoms with E-state index in [1.54, 1.807) is 16.8 Å². The van der Waals surface area contributed by atoms with E-state index in [-0.39, 0.29) is 5.56 Å². The van der Waals surface area contributed by atoms with Crippen LogP contribution in [0.5, 0.6) is 0 Å². The molecule has 3 nitrogen and oxygen atoms in total. The molecule has 0 saturated heterocycles. The highest BCUT2D eigenvalue weighted by Crippen LogP contribution is 2.12. The van der Waals surface area contributed by atoms with Crippen LogP contribution in [0.25, 0.3) is 0 Å². The molecule has 1 aromatic carbocycles. The number of hydrogen-bond acceptors (Lipinski definition) is 2. The van der Waals surface area contributed by atoms with Gasteiger partial charge in [0, 0.05) is 25.0 Å². The summed E-state index contributed by atoms with van der Waals surface area (Å²) < 4.78 is 2.29. The molecular weight excluding hydrogens is 292 g/mol. The van der Waals surface area contributed by atoms with E-state index in [1.807, 2.05) is 24.3 Å². The van der Waals surface area contributed by atoms with Gasteiger partial charge in [-0.15, -0.1) is 0 Å².